The predicted molar refractivity (Wildman–Crippen MR) is 87.8 cm³/mol. The minimum absolute atomic E-state index is 0.405. The summed E-state index contributed by atoms with van der Waals surface area (Å²) < 4.78 is 0. The van der Waals surface area contributed by atoms with Crippen molar-refractivity contribution in [2.24, 2.45) is 0 Å². The first kappa shape index (κ1) is 14.6. The molecule has 1 aromatic heterocycles. The number of hydrogen-bond donors (Lipinski definition) is 1. The zero-order valence-corrected chi connectivity index (χ0v) is 13.3. The Hall–Kier alpha value is -1.38. The van der Waals surface area contributed by atoms with Gasteiger partial charge in [-0.05, 0) is 47.7 Å². The molecule has 1 unspecified atom stereocenters. The maximum Gasteiger partial charge on any atom is 0.0510 e. The van der Waals surface area contributed by atoms with Crippen LogP contribution < -0.4 is 5.32 Å². The molecule has 1 heterocycles. The molecule has 0 bridgehead atoms. The van der Waals surface area contributed by atoms with Crippen LogP contribution in [0.15, 0.2) is 36.5 Å². The molecule has 0 amide bonds. The molecule has 1 aliphatic carbocycles. The number of pyridine rings is 1. The lowest BCUT2D eigenvalue weighted by Crippen LogP contribution is -2.23. The molecule has 1 aromatic carbocycles. The van der Waals surface area contributed by atoms with Crippen LogP contribution in [0.25, 0.3) is 0 Å². The van der Waals surface area contributed by atoms with E-state index in [9.17, 15) is 0 Å². The minimum Gasteiger partial charge on any atom is -0.310 e. The molecule has 110 valence electrons. The summed E-state index contributed by atoms with van der Waals surface area (Å²) in [5, 5.41) is 4.30. The fourth-order valence-corrected chi connectivity index (χ4v) is 3.29. The smallest absolute Gasteiger partial charge is 0.0510 e. The van der Waals surface area contributed by atoms with Crippen molar-refractivity contribution in [3.8, 4) is 0 Å². The second-order valence-corrected chi connectivity index (χ2v) is 6.45. The normalized spacial score (nSPS) is 17.2. The van der Waals surface area contributed by atoms with E-state index < -0.39 is 0 Å². The maximum atomic E-state index is 6.20. The molecule has 0 saturated heterocycles. The van der Waals surface area contributed by atoms with Gasteiger partial charge in [-0.3, -0.25) is 4.98 Å². The molecule has 1 aliphatic rings. The second kappa shape index (κ2) is 6.17. The van der Waals surface area contributed by atoms with Gasteiger partial charge in [0, 0.05) is 29.7 Å². The van der Waals surface area contributed by atoms with Gasteiger partial charge in [-0.25, -0.2) is 0 Å². The van der Waals surface area contributed by atoms with Crippen LogP contribution in [0.2, 0.25) is 5.02 Å². The first-order valence-corrected chi connectivity index (χ1v) is 7.98. The van der Waals surface area contributed by atoms with Gasteiger partial charge in [0.25, 0.3) is 0 Å². The lowest BCUT2D eigenvalue weighted by atomic mass is 9.92. The predicted octanol–water partition coefficient (Wildman–Crippen LogP) is 4.31. The van der Waals surface area contributed by atoms with Crippen LogP contribution in [0, 0.1) is 0 Å². The Labute approximate surface area is 131 Å². The standard InChI is InChI=1S/C18H21ClN2/c1-12(2)21-11-14-10-15(19)6-8-16(14)17-7-5-13-4-3-9-20-18(13)17/h3-4,6,8-10,12,17,21H,5,7,11H2,1-2H3. The van der Waals surface area contributed by atoms with E-state index in [0.717, 1.165) is 24.4 Å². The number of aryl methyl sites for hydroxylation is 1. The van der Waals surface area contributed by atoms with Crippen LogP contribution in [0.5, 0.6) is 0 Å². The summed E-state index contributed by atoms with van der Waals surface area (Å²) in [6.45, 7) is 5.18. The van der Waals surface area contributed by atoms with Gasteiger partial charge in [0.2, 0.25) is 0 Å². The molecule has 0 radical (unpaired) electrons. The Morgan fingerprint density at radius 1 is 1.33 bits per heavy atom. The summed E-state index contributed by atoms with van der Waals surface area (Å²) in [7, 11) is 0. The Bertz CT molecular complexity index is 637. The topological polar surface area (TPSA) is 24.9 Å². The molecule has 0 aliphatic heterocycles. The third kappa shape index (κ3) is 3.12. The number of benzene rings is 1. The van der Waals surface area contributed by atoms with Gasteiger partial charge in [-0.15, -0.1) is 0 Å². The molecule has 1 atom stereocenters. The van der Waals surface area contributed by atoms with Crippen molar-refractivity contribution in [1.82, 2.24) is 10.3 Å². The average Bonchev–Trinajstić information content (AvgIpc) is 2.89. The highest BCUT2D eigenvalue weighted by atomic mass is 35.5. The van der Waals surface area contributed by atoms with Crippen molar-refractivity contribution >= 4 is 11.6 Å². The van der Waals surface area contributed by atoms with Gasteiger partial charge >= 0.3 is 0 Å². The zero-order valence-electron chi connectivity index (χ0n) is 12.6. The molecule has 3 heteroatoms. The van der Waals surface area contributed by atoms with Crippen molar-refractivity contribution in [2.75, 3.05) is 0 Å². The van der Waals surface area contributed by atoms with Crippen LogP contribution in [-0.2, 0) is 13.0 Å². The summed E-state index contributed by atoms with van der Waals surface area (Å²) in [6, 6.07) is 11.0. The number of hydrogen-bond acceptors (Lipinski definition) is 2. The highest BCUT2D eigenvalue weighted by molar-refractivity contribution is 6.30. The molecular weight excluding hydrogens is 280 g/mol. The SMILES string of the molecule is CC(C)NCc1cc(Cl)ccc1C1CCc2cccnc21. The van der Waals surface area contributed by atoms with E-state index in [1.165, 1.54) is 22.4 Å². The van der Waals surface area contributed by atoms with Gasteiger partial charge in [-0.1, -0.05) is 37.6 Å². The van der Waals surface area contributed by atoms with Crippen molar-refractivity contribution in [3.63, 3.8) is 0 Å². The van der Waals surface area contributed by atoms with E-state index in [4.69, 9.17) is 11.6 Å². The fourth-order valence-electron chi connectivity index (χ4n) is 3.10. The molecule has 3 rings (SSSR count). The van der Waals surface area contributed by atoms with Crippen LogP contribution in [-0.4, -0.2) is 11.0 Å². The molecular formula is C18H21ClN2. The summed E-state index contributed by atoms with van der Waals surface area (Å²) >= 11 is 6.20. The van der Waals surface area contributed by atoms with E-state index >= 15 is 0 Å². The lowest BCUT2D eigenvalue weighted by Gasteiger charge is -2.18. The Morgan fingerprint density at radius 3 is 3.00 bits per heavy atom. The highest BCUT2D eigenvalue weighted by Crippen LogP contribution is 2.38. The Kier molecular flexibility index (Phi) is 4.27. The molecule has 1 N–H and O–H groups in total. The Morgan fingerprint density at radius 2 is 2.19 bits per heavy atom. The zero-order chi connectivity index (χ0) is 14.8. The molecule has 0 saturated carbocycles. The Balaban J connectivity index is 1.95. The number of fused-ring (bicyclic) bond motifs is 1. The number of nitrogens with zero attached hydrogens (tertiary/aromatic N) is 1. The molecule has 0 fully saturated rings. The quantitative estimate of drug-likeness (QED) is 0.910. The first-order chi connectivity index (χ1) is 10.1. The van der Waals surface area contributed by atoms with Crippen molar-refractivity contribution in [1.29, 1.82) is 0 Å². The van der Waals surface area contributed by atoms with Gasteiger partial charge in [0.1, 0.15) is 0 Å². The minimum atomic E-state index is 0.405. The van der Waals surface area contributed by atoms with E-state index in [-0.39, 0.29) is 0 Å². The maximum absolute atomic E-state index is 6.20. The van der Waals surface area contributed by atoms with Crippen molar-refractivity contribution in [2.45, 2.75) is 45.2 Å². The number of rotatable bonds is 4. The van der Waals surface area contributed by atoms with Crippen molar-refractivity contribution < 1.29 is 0 Å². The van der Waals surface area contributed by atoms with Crippen LogP contribution in [0.1, 0.15) is 48.6 Å². The summed E-state index contributed by atoms with van der Waals surface area (Å²) in [5.74, 6) is 0.405. The summed E-state index contributed by atoms with van der Waals surface area (Å²) in [4.78, 5) is 4.62. The van der Waals surface area contributed by atoms with Gasteiger partial charge in [-0.2, -0.15) is 0 Å². The van der Waals surface area contributed by atoms with Gasteiger partial charge in [0.15, 0.2) is 0 Å². The third-order valence-corrected chi connectivity index (χ3v) is 4.37. The lowest BCUT2D eigenvalue weighted by molar-refractivity contribution is 0.583. The van der Waals surface area contributed by atoms with E-state index in [1.54, 1.807) is 0 Å². The monoisotopic (exact) mass is 300 g/mol. The van der Waals surface area contributed by atoms with Crippen molar-refractivity contribution in [3.05, 3.63) is 63.9 Å². The highest BCUT2D eigenvalue weighted by Gasteiger charge is 2.26. The molecule has 21 heavy (non-hydrogen) atoms. The molecule has 2 aromatic rings. The number of aromatic nitrogens is 1. The number of nitrogens with one attached hydrogen (secondary N) is 1. The van der Waals surface area contributed by atoms with Gasteiger partial charge < -0.3 is 5.32 Å². The summed E-state index contributed by atoms with van der Waals surface area (Å²) in [6.07, 6.45) is 4.16. The van der Waals surface area contributed by atoms with Crippen LogP contribution >= 0.6 is 11.6 Å². The molecule has 2 nitrogen and oxygen atoms in total. The first-order valence-electron chi connectivity index (χ1n) is 7.60. The second-order valence-electron chi connectivity index (χ2n) is 6.02. The largest absolute Gasteiger partial charge is 0.310 e. The number of halogens is 1. The third-order valence-electron chi connectivity index (χ3n) is 4.14. The average molecular weight is 301 g/mol. The fraction of sp³-hybridized carbons (Fsp3) is 0.389. The van der Waals surface area contributed by atoms with Crippen LogP contribution in [0.4, 0.5) is 0 Å². The molecule has 0 spiro atoms. The van der Waals surface area contributed by atoms with E-state index in [2.05, 4.69) is 42.3 Å². The van der Waals surface area contributed by atoms with E-state index in [0.29, 0.717) is 12.0 Å². The van der Waals surface area contributed by atoms with E-state index in [1.807, 2.05) is 18.3 Å². The van der Waals surface area contributed by atoms with Gasteiger partial charge in [0.05, 0.1) is 5.69 Å². The summed E-state index contributed by atoms with van der Waals surface area (Å²) in [5.41, 5.74) is 5.29. The van der Waals surface area contributed by atoms with Crippen LogP contribution in [0.3, 0.4) is 0 Å².